The second-order valence-electron chi connectivity index (χ2n) is 4.40. The van der Waals surface area contributed by atoms with E-state index in [4.69, 9.17) is 9.47 Å². The Labute approximate surface area is 84.1 Å². The molecule has 0 radical (unpaired) electrons. The third-order valence-corrected chi connectivity index (χ3v) is 3.31. The van der Waals surface area contributed by atoms with E-state index in [1.807, 2.05) is 6.92 Å². The molecule has 3 atom stereocenters. The highest BCUT2D eigenvalue weighted by Crippen LogP contribution is 2.41. The topological polar surface area (TPSA) is 35.5 Å². The van der Waals surface area contributed by atoms with E-state index < -0.39 is 5.60 Å². The number of fused-ring (bicyclic) bond motifs is 2. The summed E-state index contributed by atoms with van der Waals surface area (Å²) >= 11 is 0. The van der Waals surface area contributed by atoms with Crippen LogP contribution >= 0.6 is 0 Å². The Morgan fingerprint density at radius 3 is 3.21 bits per heavy atom. The maximum Gasteiger partial charge on any atom is 0.330 e. The van der Waals surface area contributed by atoms with Gasteiger partial charge in [-0.15, -0.1) is 0 Å². The predicted molar refractivity (Wildman–Crippen MR) is 51.8 cm³/mol. The molecular weight excluding hydrogens is 180 g/mol. The average Bonchev–Trinajstić information content (AvgIpc) is 2.58. The molecule has 1 aliphatic carbocycles. The minimum atomic E-state index is -0.432. The Hall–Kier alpha value is -0.830. The summed E-state index contributed by atoms with van der Waals surface area (Å²) in [6, 6.07) is 0. The molecule has 0 spiro atoms. The molecule has 2 aliphatic rings. The first-order valence-electron chi connectivity index (χ1n) is 5.11. The highest BCUT2D eigenvalue weighted by atomic mass is 16.6. The molecule has 2 rings (SSSR count). The summed E-state index contributed by atoms with van der Waals surface area (Å²) in [6.45, 7) is 6.19. The van der Waals surface area contributed by atoms with Gasteiger partial charge in [-0.05, 0) is 32.1 Å². The van der Waals surface area contributed by atoms with Crippen molar-refractivity contribution in [3.8, 4) is 0 Å². The van der Waals surface area contributed by atoms with E-state index in [0.29, 0.717) is 5.92 Å². The zero-order valence-corrected chi connectivity index (χ0v) is 8.49. The summed E-state index contributed by atoms with van der Waals surface area (Å²) in [5.74, 6) is 0.331. The Kier molecular flexibility index (Phi) is 2.35. The summed E-state index contributed by atoms with van der Waals surface area (Å²) in [4.78, 5) is 11.2. The van der Waals surface area contributed by atoms with Crippen LogP contribution in [0.1, 0.15) is 26.2 Å². The van der Waals surface area contributed by atoms with E-state index in [1.54, 1.807) is 0 Å². The highest BCUT2D eigenvalue weighted by Gasteiger charge is 2.47. The van der Waals surface area contributed by atoms with Crippen LogP contribution in [0.5, 0.6) is 0 Å². The number of carbonyl (C=O) groups excluding carboxylic acids is 1. The first-order valence-corrected chi connectivity index (χ1v) is 5.11. The summed E-state index contributed by atoms with van der Waals surface area (Å²) < 4.78 is 11.0. The zero-order valence-electron chi connectivity index (χ0n) is 8.49. The second kappa shape index (κ2) is 3.39. The van der Waals surface area contributed by atoms with Crippen LogP contribution in [-0.2, 0) is 14.3 Å². The molecule has 3 unspecified atom stereocenters. The SMILES string of the molecule is C=CC(=O)OC1(C)CCC2COC1C2. The molecule has 1 saturated heterocycles. The van der Waals surface area contributed by atoms with Crippen LogP contribution < -0.4 is 0 Å². The van der Waals surface area contributed by atoms with Crippen molar-refractivity contribution in [3.05, 3.63) is 12.7 Å². The number of ether oxygens (including phenoxy) is 2. The molecule has 1 heterocycles. The summed E-state index contributed by atoms with van der Waals surface area (Å²) in [7, 11) is 0. The minimum Gasteiger partial charge on any atom is -0.453 e. The molecule has 3 nitrogen and oxygen atoms in total. The average molecular weight is 196 g/mol. The number of hydrogen-bond donors (Lipinski definition) is 0. The van der Waals surface area contributed by atoms with Crippen LogP contribution in [-0.4, -0.2) is 24.3 Å². The van der Waals surface area contributed by atoms with Gasteiger partial charge in [0, 0.05) is 6.08 Å². The predicted octanol–water partition coefficient (Wildman–Crippen LogP) is 1.67. The van der Waals surface area contributed by atoms with Crippen molar-refractivity contribution in [1.29, 1.82) is 0 Å². The summed E-state index contributed by atoms with van der Waals surface area (Å²) in [5, 5.41) is 0. The van der Waals surface area contributed by atoms with E-state index >= 15 is 0 Å². The van der Waals surface area contributed by atoms with Crippen molar-refractivity contribution in [2.75, 3.05) is 6.61 Å². The molecule has 3 heteroatoms. The van der Waals surface area contributed by atoms with Crippen molar-refractivity contribution in [2.24, 2.45) is 5.92 Å². The Morgan fingerprint density at radius 2 is 2.50 bits per heavy atom. The van der Waals surface area contributed by atoms with Crippen LogP contribution in [0.15, 0.2) is 12.7 Å². The number of hydrogen-bond acceptors (Lipinski definition) is 3. The van der Waals surface area contributed by atoms with Crippen molar-refractivity contribution in [2.45, 2.75) is 37.9 Å². The second-order valence-corrected chi connectivity index (χ2v) is 4.40. The number of rotatable bonds is 2. The fraction of sp³-hybridized carbons (Fsp3) is 0.727. The van der Waals surface area contributed by atoms with E-state index in [0.717, 1.165) is 25.9 Å². The molecule has 0 N–H and O–H groups in total. The Morgan fingerprint density at radius 1 is 1.71 bits per heavy atom. The number of esters is 1. The maximum atomic E-state index is 11.2. The van der Waals surface area contributed by atoms with Crippen molar-refractivity contribution < 1.29 is 14.3 Å². The fourth-order valence-electron chi connectivity index (χ4n) is 2.36. The fourth-order valence-corrected chi connectivity index (χ4v) is 2.36. The summed E-state index contributed by atoms with van der Waals surface area (Å²) in [5.41, 5.74) is -0.432. The molecule has 0 aromatic heterocycles. The Bertz CT molecular complexity index is 261. The normalized spacial score (nSPS) is 40.6. The lowest BCUT2D eigenvalue weighted by molar-refractivity contribution is -0.167. The van der Waals surface area contributed by atoms with Gasteiger partial charge in [0.25, 0.3) is 0 Å². The molecule has 2 bridgehead atoms. The first kappa shape index (κ1) is 9.71. The lowest BCUT2D eigenvalue weighted by atomic mass is 9.80. The standard InChI is InChI=1S/C11H16O3/c1-3-10(12)14-11(2)5-4-8-6-9(11)13-7-8/h3,8-9H,1,4-7H2,2H3. The van der Waals surface area contributed by atoms with Crippen molar-refractivity contribution >= 4 is 5.97 Å². The van der Waals surface area contributed by atoms with Crippen LogP contribution in [0.4, 0.5) is 0 Å². The largest absolute Gasteiger partial charge is 0.453 e. The first-order chi connectivity index (χ1) is 6.64. The monoisotopic (exact) mass is 196 g/mol. The van der Waals surface area contributed by atoms with Gasteiger partial charge in [0.15, 0.2) is 0 Å². The van der Waals surface area contributed by atoms with Gasteiger partial charge in [0.2, 0.25) is 0 Å². The number of carbonyl (C=O) groups is 1. The van der Waals surface area contributed by atoms with E-state index in [-0.39, 0.29) is 12.1 Å². The van der Waals surface area contributed by atoms with Gasteiger partial charge in [0.1, 0.15) is 5.60 Å². The van der Waals surface area contributed by atoms with Gasteiger partial charge in [0.05, 0.1) is 12.7 Å². The zero-order chi connectivity index (χ0) is 10.2. The van der Waals surface area contributed by atoms with Gasteiger partial charge in [-0.25, -0.2) is 4.79 Å². The molecule has 78 valence electrons. The quantitative estimate of drug-likeness (QED) is 0.498. The van der Waals surface area contributed by atoms with E-state index in [2.05, 4.69) is 6.58 Å². The smallest absolute Gasteiger partial charge is 0.330 e. The van der Waals surface area contributed by atoms with Crippen LogP contribution in [0.2, 0.25) is 0 Å². The molecule has 2 fully saturated rings. The van der Waals surface area contributed by atoms with Crippen LogP contribution in [0.3, 0.4) is 0 Å². The van der Waals surface area contributed by atoms with Crippen LogP contribution in [0.25, 0.3) is 0 Å². The van der Waals surface area contributed by atoms with E-state index in [1.165, 1.54) is 6.08 Å². The third kappa shape index (κ3) is 1.57. The lowest BCUT2D eigenvalue weighted by Gasteiger charge is -2.36. The highest BCUT2D eigenvalue weighted by molar-refractivity contribution is 5.81. The molecular formula is C11H16O3. The summed E-state index contributed by atoms with van der Waals surface area (Å²) in [6.07, 6.45) is 4.33. The maximum absolute atomic E-state index is 11.2. The lowest BCUT2D eigenvalue weighted by Crippen LogP contribution is -2.45. The molecule has 1 saturated carbocycles. The Balaban J connectivity index is 2.06. The van der Waals surface area contributed by atoms with Crippen LogP contribution in [0, 0.1) is 5.92 Å². The molecule has 0 aromatic rings. The molecule has 0 amide bonds. The van der Waals surface area contributed by atoms with Gasteiger partial charge in [-0.1, -0.05) is 6.58 Å². The van der Waals surface area contributed by atoms with Gasteiger partial charge in [-0.3, -0.25) is 0 Å². The van der Waals surface area contributed by atoms with Gasteiger partial charge < -0.3 is 9.47 Å². The minimum absolute atomic E-state index is 0.0881. The van der Waals surface area contributed by atoms with Gasteiger partial charge in [-0.2, -0.15) is 0 Å². The molecule has 1 aliphatic heterocycles. The van der Waals surface area contributed by atoms with Gasteiger partial charge >= 0.3 is 5.97 Å². The van der Waals surface area contributed by atoms with Crippen molar-refractivity contribution in [1.82, 2.24) is 0 Å². The van der Waals surface area contributed by atoms with Crippen molar-refractivity contribution in [3.63, 3.8) is 0 Å². The van der Waals surface area contributed by atoms with E-state index in [9.17, 15) is 4.79 Å². The molecule has 14 heavy (non-hydrogen) atoms. The molecule has 0 aromatic carbocycles. The third-order valence-electron chi connectivity index (χ3n) is 3.31.